The number of aromatic nitrogens is 1. The van der Waals surface area contributed by atoms with E-state index >= 15 is 0 Å². The van der Waals surface area contributed by atoms with Crippen LogP contribution < -0.4 is 10.6 Å². The third-order valence-corrected chi connectivity index (χ3v) is 1.66. The molecule has 5 heteroatoms. The van der Waals surface area contributed by atoms with E-state index in [0.29, 0.717) is 11.4 Å². The number of likely N-dealkylation sites (N-methyl/N-ethyl adjacent to an activating group) is 1. The summed E-state index contributed by atoms with van der Waals surface area (Å²) < 4.78 is 0. The van der Waals surface area contributed by atoms with Gasteiger partial charge < -0.3 is 10.6 Å². The SMILES string of the molecule is CN(CC(N)=O)c1ncccc1C#N. The predicted octanol–water partition coefficient (Wildman–Crippen LogP) is -0.125. The lowest BCUT2D eigenvalue weighted by Crippen LogP contribution is -2.31. The molecule has 1 aromatic rings. The van der Waals surface area contributed by atoms with Gasteiger partial charge in [0.15, 0.2) is 0 Å². The standard InChI is InChI=1S/C9H10N4O/c1-13(6-8(11)14)9-7(5-10)3-2-4-12-9/h2-4H,6H2,1H3,(H2,11,14). The van der Waals surface area contributed by atoms with E-state index in [2.05, 4.69) is 4.98 Å². The maximum atomic E-state index is 10.7. The summed E-state index contributed by atoms with van der Waals surface area (Å²) in [7, 11) is 1.66. The molecule has 0 unspecified atom stereocenters. The zero-order valence-corrected chi connectivity index (χ0v) is 7.77. The molecule has 1 heterocycles. The number of nitrogens with zero attached hydrogens (tertiary/aromatic N) is 3. The van der Waals surface area contributed by atoms with Gasteiger partial charge in [0, 0.05) is 13.2 Å². The monoisotopic (exact) mass is 190 g/mol. The van der Waals surface area contributed by atoms with Crippen molar-refractivity contribution in [2.45, 2.75) is 0 Å². The third kappa shape index (κ3) is 2.20. The van der Waals surface area contributed by atoms with Crippen molar-refractivity contribution in [1.82, 2.24) is 4.98 Å². The molecule has 0 radical (unpaired) electrons. The van der Waals surface area contributed by atoms with Crippen LogP contribution in [0.4, 0.5) is 5.82 Å². The molecule has 0 aliphatic heterocycles. The van der Waals surface area contributed by atoms with Crippen molar-refractivity contribution < 1.29 is 4.79 Å². The summed E-state index contributed by atoms with van der Waals surface area (Å²) in [6.45, 7) is 0.0473. The first kappa shape index (κ1) is 9.99. The average molecular weight is 190 g/mol. The highest BCUT2D eigenvalue weighted by atomic mass is 16.1. The van der Waals surface area contributed by atoms with E-state index in [-0.39, 0.29) is 6.54 Å². The molecule has 72 valence electrons. The molecule has 1 rings (SSSR count). The molecule has 0 fully saturated rings. The van der Waals surface area contributed by atoms with E-state index in [0.717, 1.165) is 0 Å². The van der Waals surface area contributed by atoms with Crippen LogP contribution in [-0.4, -0.2) is 24.5 Å². The Labute approximate surface area is 81.8 Å². The molecule has 0 atom stereocenters. The minimum atomic E-state index is -0.456. The summed E-state index contributed by atoms with van der Waals surface area (Å²) in [5.41, 5.74) is 5.46. The maximum absolute atomic E-state index is 10.7. The molecule has 0 aliphatic carbocycles. The number of hydrogen-bond donors (Lipinski definition) is 1. The van der Waals surface area contributed by atoms with Gasteiger partial charge in [-0.05, 0) is 12.1 Å². The molecule has 5 nitrogen and oxygen atoms in total. The summed E-state index contributed by atoms with van der Waals surface area (Å²) in [6, 6.07) is 5.30. The summed E-state index contributed by atoms with van der Waals surface area (Å²) in [5.74, 6) is 0.0100. The Morgan fingerprint density at radius 2 is 2.50 bits per heavy atom. The highest BCUT2D eigenvalue weighted by Gasteiger charge is 2.09. The van der Waals surface area contributed by atoms with Crippen molar-refractivity contribution in [3.8, 4) is 6.07 Å². The van der Waals surface area contributed by atoms with Crippen molar-refractivity contribution in [3.05, 3.63) is 23.9 Å². The molecule has 0 saturated carbocycles. The van der Waals surface area contributed by atoms with E-state index in [9.17, 15) is 4.79 Å². The number of hydrogen-bond acceptors (Lipinski definition) is 4. The van der Waals surface area contributed by atoms with Crippen molar-refractivity contribution in [2.24, 2.45) is 5.73 Å². The van der Waals surface area contributed by atoms with Gasteiger partial charge in [-0.25, -0.2) is 4.98 Å². The number of carbonyl (C=O) groups excluding carboxylic acids is 1. The van der Waals surface area contributed by atoms with Crippen LogP contribution in [0.25, 0.3) is 0 Å². The van der Waals surface area contributed by atoms with Crippen LogP contribution in [0.1, 0.15) is 5.56 Å². The highest BCUT2D eigenvalue weighted by Crippen LogP contribution is 2.13. The smallest absolute Gasteiger partial charge is 0.236 e. The van der Waals surface area contributed by atoms with Crippen LogP contribution in [0.3, 0.4) is 0 Å². The quantitative estimate of drug-likeness (QED) is 0.720. The second kappa shape index (κ2) is 4.23. The van der Waals surface area contributed by atoms with E-state index in [1.807, 2.05) is 6.07 Å². The molecule has 0 aromatic carbocycles. The number of carbonyl (C=O) groups is 1. The van der Waals surface area contributed by atoms with Crippen LogP contribution in [0.15, 0.2) is 18.3 Å². The van der Waals surface area contributed by atoms with Crippen LogP contribution >= 0.6 is 0 Å². The Morgan fingerprint density at radius 1 is 1.79 bits per heavy atom. The summed E-state index contributed by atoms with van der Waals surface area (Å²) >= 11 is 0. The Kier molecular flexibility index (Phi) is 3.02. The largest absolute Gasteiger partial charge is 0.368 e. The van der Waals surface area contributed by atoms with Crippen molar-refractivity contribution >= 4 is 11.7 Å². The number of rotatable bonds is 3. The zero-order valence-electron chi connectivity index (χ0n) is 7.77. The lowest BCUT2D eigenvalue weighted by atomic mass is 10.2. The predicted molar refractivity (Wildman–Crippen MR) is 51.4 cm³/mol. The van der Waals surface area contributed by atoms with E-state index < -0.39 is 5.91 Å². The molecule has 0 spiro atoms. The molecular weight excluding hydrogens is 180 g/mol. The highest BCUT2D eigenvalue weighted by molar-refractivity contribution is 5.79. The summed E-state index contributed by atoms with van der Waals surface area (Å²) in [6.07, 6.45) is 1.56. The number of pyridine rings is 1. The molecule has 1 amide bonds. The zero-order chi connectivity index (χ0) is 10.6. The molecule has 1 aromatic heterocycles. The minimum Gasteiger partial charge on any atom is -0.368 e. The van der Waals surface area contributed by atoms with Gasteiger partial charge in [0.2, 0.25) is 5.91 Å². The second-order valence-corrected chi connectivity index (χ2v) is 2.81. The molecule has 0 saturated heterocycles. The molecule has 0 aliphatic rings. The minimum absolute atomic E-state index is 0.0473. The molecule has 0 bridgehead atoms. The average Bonchev–Trinajstić information content (AvgIpc) is 2.16. The third-order valence-electron chi connectivity index (χ3n) is 1.66. The first-order valence-electron chi connectivity index (χ1n) is 3.99. The molecule has 14 heavy (non-hydrogen) atoms. The number of amides is 1. The first-order chi connectivity index (χ1) is 6.65. The lowest BCUT2D eigenvalue weighted by molar-refractivity contribution is -0.116. The van der Waals surface area contributed by atoms with Gasteiger partial charge in [0.25, 0.3) is 0 Å². The Hall–Kier alpha value is -2.09. The van der Waals surface area contributed by atoms with E-state index in [1.54, 1.807) is 30.3 Å². The number of primary amides is 1. The Morgan fingerprint density at radius 3 is 3.07 bits per heavy atom. The van der Waals surface area contributed by atoms with Crippen LogP contribution in [0.5, 0.6) is 0 Å². The first-order valence-corrected chi connectivity index (χ1v) is 3.99. The summed E-state index contributed by atoms with van der Waals surface area (Å²) in [4.78, 5) is 16.2. The van der Waals surface area contributed by atoms with Crippen LogP contribution in [-0.2, 0) is 4.79 Å². The fraction of sp³-hybridized carbons (Fsp3) is 0.222. The second-order valence-electron chi connectivity index (χ2n) is 2.81. The van der Waals surface area contributed by atoms with Crippen LogP contribution in [0, 0.1) is 11.3 Å². The fourth-order valence-corrected chi connectivity index (χ4v) is 1.10. The van der Waals surface area contributed by atoms with Crippen LogP contribution in [0.2, 0.25) is 0 Å². The number of nitrogens with two attached hydrogens (primary N) is 1. The van der Waals surface area contributed by atoms with Gasteiger partial charge in [-0.3, -0.25) is 4.79 Å². The Balaban J connectivity index is 2.95. The lowest BCUT2D eigenvalue weighted by Gasteiger charge is -2.16. The number of anilines is 1. The van der Waals surface area contributed by atoms with E-state index in [4.69, 9.17) is 11.0 Å². The van der Waals surface area contributed by atoms with Gasteiger partial charge in [-0.1, -0.05) is 0 Å². The van der Waals surface area contributed by atoms with Gasteiger partial charge in [0.1, 0.15) is 11.9 Å². The van der Waals surface area contributed by atoms with Crippen molar-refractivity contribution in [3.63, 3.8) is 0 Å². The van der Waals surface area contributed by atoms with Gasteiger partial charge >= 0.3 is 0 Å². The topological polar surface area (TPSA) is 83.0 Å². The van der Waals surface area contributed by atoms with Crippen molar-refractivity contribution in [1.29, 1.82) is 5.26 Å². The Bertz CT molecular complexity index is 383. The fourth-order valence-electron chi connectivity index (χ4n) is 1.10. The normalized spacial score (nSPS) is 9.14. The number of nitriles is 1. The molecular formula is C9H10N4O. The maximum Gasteiger partial charge on any atom is 0.236 e. The van der Waals surface area contributed by atoms with Gasteiger partial charge in [-0.15, -0.1) is 0 Å². The van der Waals surface area contributed by atoms with E-state index in [1.165, 1.54) is 0 Å². The van der Waals surface area contributed by atoms with Crippen molar-refractivity contribution in [2.75, 3.05) is 18.5 Å². The summed E-state index contributed by atoms with van der Waals surface area (Å²) in [5, 5.41) is 8.77. The van der Waals surface area contributed by atoms with Gasteiger partial charge in [0.05, 0.1) is 12.1 Å². The van der Waals surface area contributed by atoms with Gasteiger partial charge in [-0.2, -0.15) is 5.26 Å². The molecule has 2 N–H and O–H groups in total.